The predicted octanol–water partition coefficient (Wildman–Crippen LogP) is 2.67. The second kappa shape index (κ2) is 9.15. The van der Waals surface area contributed by atoms with Crippen molar-refractivity contribution in [2.45, 2.75) is 39.7 Å². The molecule has 0 aromatic heterocycles. The number of amides is 1. The molecule has 4 nitrogen and oxygen atoms in total. The highest BCUT2D eigenvalue weighted by Gasteiger charge is 2.17. The van der Waals surface area contributed by atoms with E-state index < -0.39 is 0 Å². The largest absolute Gasteiger partial charge is 0.338 e. The standard InChI is InChI=1S/C17H25N3O/c1-3-9-20(17(21)10-14(4-2)11-18)13-16-7-5-15(12-19)6-8-16/h5-8,14H,3-4,9-11,13,18H2,1-2H3. The Bertz CT molecular complexity index is 472. The Morgan fingerprint density at radius 2 is 2.00 bits per heavy atom. The smallest absolute Gasteiger partial charge is 0.223 e. The third kappa shape index (κ3) is 5.57. The summed E-state index contributed by atoms with van der Waals surface area (Å²) in [6.07, 6.45) is 2.38. The summed E-state index contributed by atoms with van der Waals surface area (Å²) in [7, 11) is 0. The Morgan fingerprint density at radius 3 is 2.48 bits per heavy atom. The molecule has 2 N–H and O–H groups in total. The molecule has 0 fully saturated rings. The van der Waals surface area contributed by atoms with Gasteiger partial charge in [0.1, 0.15) is 0 Å². The quantitative estimate of drug-likeness (QED) is 0.799. The number of carbonyl (C=O) groups excluding carboxylic acids is 1. The van der Waals surface area contributed by atoms with E-state index in [9.17, 15) is 4.79 Å². The number of nitrogens with zero attached hydrogens (tertiary/aromatic N) is 2. The topological polar surface area (TPSA) is 70.1 Å². The van der Waals surface area contributed by atoms with Crippen molar-refractivity contribution in [3.05, 3.63) is 35.4 Å². The zero-order chi connectivity index (χ0) is 15.7. The molecule has 1 atom stereocenters. The van der Waals surface area contributed by atoms with Gasteiger partial charge >= 0.3 is 0 Å². The van der Waals surface area contributed by atoms with Crippen molar-refractivity contribution in [1.29, 1.82) is 5.26 Å². The third-order valence-corrected chi connectivity index (χ3v) is 3.68. The van der Waals surface area contributed by atoms with Crippen LogP contribution in [0.3, 0.4) is 0 Å². The molecular weight excluding hydrogens is 262 g/mol. The average molecular weight is 287 g/mol. The molecule has 0 saturated carbocycles. The lowest BCUT2D eigenvalue weighted by molar-refractivity contribution is -0.132. The monoisotopic (exact) mass is 287 g/mol. The van der Waals surface area contributed by atoms with Crippen LogP contribution in [0.4, 0.5) is 0 Å². The first-order valence-corrected chi connectivity index (χ1v) is 7.61. The minimum Gasteiger partial charge on any atom is -0.338 e. The van der Waals surface area contributed by atoms with Crippen molar-refractivity contribution in [1.82, 2.24) is 4.90 Å². The maximum absolute atomic E-state index is 12.4. The van der Waals surface area contributed by atoms with E-state index in [2.05, 4.69) is 19.9 Å². The first-order valence-electron chi connectivity index (χ1n) is 7.61. The number of carbonyl (C=O) groups is 1. The van der Waals surface area contributed by atoms with Crippen molar-refractivity contribution in [3.63, 3.8) is 0 Å². The van der Waals surface area contributed by atoms with Gasteiger partial charge in [0.2, 0.25) is 5.91 Å². The summed E-state index contributed by atoms with van der Waals surface area (Å²) in [5, 5.41) is 8.81. The molecule has 0 spiro atoms. The van der Waals surface area contributed by atoms with Crippen LogP contribution in [0.25, 0.3) is 0 Å². The van der Waals surface area contributed by atoms with Gasteiger partial charge in [-0.15, -0.1) is 0 Å². The number of benzene rings is 1. The van der Waals surface area contributed by atoms with Gasteiger partial charge in [-0.2, -0.15) is 5.26 Å². The van der Waals surface area contributed by atoms with E-state index in [-0.39, 0.29) is 11.8 Å². The summed E-state index contributed by atoms with van der Waals surface area (Å²) in [6, 6.07) is 9.51. The first kappa shape index (κ1) is 17.2. The highest BCUT2D eigenvalue weighted by molar-refractivity contribution is 5.76. The van der Waals surface area contributed by atoms with E-state index in [0.717, 1.165) is 24.9 Å². The Morgan fingerprint density at radius 1 is 1.33 bits per heavy atom. The summed E-state index contributed by atoms with van der Waals surface area (Å²) >= 11 is 0. The zero-order valence-corrected chi connectivity index (χ0v) is 13.0. The molecule has 0 saturated heterocycles. The molecule has 0 aliphatic heterocycles. The minimum absolute atomic E-state index is 0.165. The Kier molecular flexibility index (Phi) is 7.49. The predicted molar refractivity (Wildman–Crippen MR) is 84.3 cm³/mol. The van der Waals surface area contributed by atoms with Crippen LogP contribution in [0.15, 0.2) is 24.3 Å². The summed E-state index contributed by atoms with van der Waals surface area (Å²) < 4.78 is 0. The first-order chi connectivity index (χ1) is 10.1. The average Bonchev–Trinajstić information content (AvgIpc) is 2.52. The van der Waals surface area contributed by atoms with E-state index in [0.29, 0.717) is 25.1 Å². The van der Waals surface area contributed by atoms with Crippen LogP contribution < -0.4 is 5.73 Å². The second-order valence-corrected chi connectivity index (χ2v) is 5.34. The number of rotatable bonds is 8. The van der Waals surface area contributed by atoms with Crippen LogP contribution in [0, 0.1) is 17.2 Å². The van der Waals surface area contributed by atoms with Crippen molar-refractivity contribution in [3.8, 4) is 6.07 Å². The second-order valence-electron chi connectivity index (χ2n) is 5.34. The molecule has 114 valence electrons. The molecule has 1 aromatic carbocycles. The van der Waals surface area contributed by atoms with E-state index >= 15 is 0 Å². The summed E-state index contributed by atoms with van der Waals surface area (Å²) in [5.41, 5.74) is 7.38. The van der Waals surface area contributed by atoms with E-state index in [1.807, 2.05) is 17.0 Å². The van der Waals surface area contributed by atoms with Crippen molar-refractivity contribution >= 4 is 5.91 Å². The lowest BCUT2D eigenvalue weighted by Gasteiger charge is -2.24. The molecule has 0 bridgehead atoms. The molecule has 0 aliphatic rings. The van der Waals surface area contributed by atoms with E-state index in [1.54, 1.807) is 12.1 Å². The molecule has 1 rings (SSSR count). The van der Waals surface area contributed by atoms with Gasteiger partial charge in [0, 0.05) is 19.5 Å². The normalized spacial score (nSPS) is 11.7. The Balaban J connectivity index is 2.71. The number of hydrogen-bond acceptors (Lipinski definition) is 3. The van der Waals surface area contributed by atoms with Crippen LogP contribution in [-0.4, -0.2) is 23.9 Å². The van der Waals surface area contributed by atoms with Gasteiger partial charge in [-0.3, -0.25) is 4.79 Å². The van der Waals surface area contributed by atoms with Crippen LogP contribution in [0.1, 0.15) is 44.2 Å². The molecule has 21 heavy (non-hydrogen) atoms. The molecule has 1 unspecified atom stereocenters. The molecular formula is C17H25N3O. The van der Waals surface area contributed by atoms with E-state index in [4.69, 9.17) is 11.0 Å². The Labute approximate surface area is 127 Å². The maximum atomic E-state index is 12.4. The van der Waals surface area contributed by atoms with Gasteiger partial charge in [-0.25, -0.2) is 0 Å². The molecule has 0 radical (unpaired) electrons. The molecule has 0 heterocycles. The summed E-state index contributed by atoms with van der Waals surface area (Å²) in [4.78, 5) is 14.3. The number of nitrogens with two attached hydrogens (primary N) is 1. The van der Waals surface area contributed by atoms with Crippen LogP contribution in [0.2, 0.25) is 0 Å². The van der Waals surface area contributed by atoms with Gasteiger partial charge in [0.05, 0.1) is 11.6 Å². The number of nitriles is 1. The van der Waals surface area contributed by atoms with Crippen LogP contribution >= 0.6 is 0 Å². The van der Waals surface area contributed by atoms with Gasteiger partial charge in [0.25, 0.3) is 0 Å². The van der Waals surface area contributed by atoms with E-state index in [1.165, 1.54) is 0 Å². The van der Waals surface area contributed by atoms with Gasteiger partial charge in [-0.1, -0.05) is 32.4 Å². The molecule has 4 heteroatoms. The highest BCUT2D eigenvalue weighted by atomic mass is 16.2. The fraction of sp³-hybridized carbons (Fsp3) is 0.529. The highest BCUT2D eigenvalue weighted by Crippen LogP contribution is 2.13. The molecule has 1 aromatic rings. The fourth-order valence-corrected chi connectivity index (χ4v) is 2.24. The van der Waals surface area contributed by atoms with Crippen molar-refractivity contribution in [2.75, 3.05) is 13.1 Å². The minimum atomic E-state index is 0.165. The van der Waals surface area contributed by atoms with Gasteiger partial charge < -0.3 is 10.6 Å². The van der Waals surface area contributed by atoms with Crippen molar-refractivity contribution < 1.29 is 4.79 Å². The summed E-state index contributed by atoms with van der Waals surface area (Å²) in [6.45, 7) is 6.03. The Hall–Kier alpha value is -1.86. The number of hydrogen-bond donors (Lipinski definition) is 1. The molecule has 1 amide bonds. The van der Waals surface area contributed by atoms with Crippen LogP contribution in [-0.2, 0) is 11.3 Å². The lowest BCUT2D eigenvalue weighted by Crippen LogP contribution is -2.33. The van der Waals surface area contributed by atoms with Crippen molar-refractivity contribution in [2.24, 2.45) is 11.7 Å². The SMILES string of the molecule is CCCN(Cc1ccc(C#N)cc1)C(=O)CC(CC)CN. The molecule has 0 aliphatic carbocycles. The maximum Gasteiger partial charge on any atom is 0.223 e. The third-order valence-electron chi connectivity index (χ3n) is 3.68. The lowest BCUT2D eigenvalue weighted by atomic mass is 10.0. The fourth-order valence-electron chi connectivity index (χ4n) is 2.24. The van der Waals surface area contributed by atoms with Crippen LogP contribution in [0.5, 0.6) is 0 Å². The zero-order valence-electron chi connectivity index (χ0n) is 13.0. The van der Waals surface area contributed by atoms with Gasteiger partial charge in [-0.05, 0) is 36.6 Å². The van der Waals surface area contributed by atoms with Gasteiger partial charge in [0.15, 0.2) is 0 Å². The summed E-state index contributed by atoms with van der Waals surface area (Å²) in [5.74, 6) is 0.427.